The third-order valence-corrected chi connectivity index (χ3v) is 4.49. The molecule has 1 aromatic heterocycles. The number of aromatic nitrogens is 2. The molecule has 2 aliphatic rings. The fraction of sp³-hybridized carbons (Fsp3) is 0.412. The first-order valence-corrected chi connectivity index (χ1v) is 7.86. The average Bonchev–Trinajstić information content (AvgIpc) is 3.28. The monoisotopic (exact) mass is 313 g/mol. The van der Waals surface area contributed by atoms with Crippen molar-refractivity contribution in [3.63, 3.8) is 0 Å². The van der Waals surface area contributed by atoms with Crippen LogP contribution in [-0.4, -0.2) is 28.9 Å². The van der Waals surface area contributed by atoms with E-state index in [1.807, 2.05) is 31.3 Å². The normalized spacial score (nSPS) is 21.8. The Morgan fingerprint density at radius 1 is 1.30 bits per heavy atom. The third kappa shape index (κ3) is 2.76. The molecule has 1 amide bonds. The van der Waals surface area contributed by atoms with Crippen LogP contribution in [0.5, 0.6) is 11.5 Å². The summed E-state index contributed by atoms with van der Waals surface area (Å²) in [4.78, 5) is 12.3. The second-order valence-electron chi connectivity index (χ2n) is 6.02. The summed E-state index contributed by atoms with van der Waals surface area (Å²) in [5.74, 6) is 2.00. The Kier molecular flexibility index (Phi) is 3.44. The van der Waals surface area contributed by atoms with Crippen LogP contribution in [0.2, 0.25) is 0 Å². The number of nitrogens with one attached hydrogen (secondary N) is 1. The fourth-order valence-electron chi connectivity index (χ4n) is 3.03. The molecule has 0 saturated heterocycles. The van der Waals surface area contributed by atoms with Crippen LogP contribution >= 0.6 is 0 Å². The first kappa shape index (κ1) is 14.1. The Morgan fingerprint density at radius 2 is 2.13 bits per heavy atom. The molecule has 120 valence electrons. The minimum atomic E-state index is 0.0470. The standard InChI is InChI=1S/C17H19N3O3/c1-20-12(4-5-19-20)10-18-17(21)14-9-13(14)11-2-3-15-16(8-11)23-7-6-22-15/h2-5,8,13-14H,6-7,9-10H2,1H3,(H,18,21)/t13-,14-/m0/s1. The lowest BCUT2D eigenvalue weighted by atomic mass is 10.1. The third-order valence-electron chi connectivity index (χ3n) is 4.49. The lowest BCUT2D eigenvalue weighted by Crippen LogP contribution is -2.26. The van der Waals surface area contributed by atoms with Gasteiger partial charge in [-0.2, -0.15) is 5.10 Å². The quantitative estimate of drug-likeness (QED) is 0.931. The van der Waals surface area contributed by atoms with Gasteiger partial charge in [0, 0.05) is 19.2 Å². The summed E-state index contributed by atoms with van der Waals surface area (Å²) in [5, 5.41) is 7.09. The minimum Gasteiger partial charge on any atom is -0.486 e. The van der Waals surface area contributed by atoms with Gasteiger partial charge in [0.05, 0.1) is 12.2 Å². The van der Waals surface area contributed by atoms with Crippen molar-refractivity contribution < 1.29 is 14.3 Å². The molecular formula is C17H19N3O3. The SMILES string of the molecule is Cn1nccc1CNC(=O)[C@H]1C[C@H]1c1ccc2c(c1)OCCO2. The van der Waals surface area contributed by atoms with Crippen LogP contribution < -0.4 is 14.8 Å². The summed E-state index contributed by atoms with van der Waals surface area (Å²) in [6, 6.07) is 7.89. The van der Waals surface area contributed by atoms with Crippen molar-refractivity contribution in [2.75, 3.05) is 13.2 Å². The minimum absolute atomic E-state index is 0.0470. The molecule has 6 nitrogen and oxygen atoms in total. The summed E-state index contributed by atoms with van der Waals surface area (Å²) < 4.78 is 12.9. The van der Waals surface area contributed by atoms with Crippen LogP contribution in [0.3, 0.4) is 0 Å². The predicted octanol–water partition coefficient (Wildman–Crippen LogP) is 1.61. The molecule has 1 aliphatic heterocycles. The number of carbonyl (C=O) groups excluding carboxylic acids is 1. The van der Waals surface area contributed by atoms with Gasteiger partial charge in [-0.25, -0.2) is 0 Å². The molecule has 1 saturated carbocycles. The lowest BCUT2D eigenvalue weighted by molar-refractivity contribution is -0.122. The van der Waals surface area contributed by atoms with E-state index in [0.717, 1.165) is 29.2 Å². The molecule has 2 atom stereocenters. The van der Waals surface area contributed by atoms with Crippen molar-refractivity contribution in [2.24, 2.45) is 13.0 Å². The van der Waals surface area contributed by atoms with Crippen molar-refractivity contribution in [1.82, 2.24) is 15.1 Å². The number of benzene rings is 1. The van der Waals surface area contributed by atoms with E-state index in [4.69, 9.17) is 9.47 Å². The van der Waals surface area contributed by atoms with E-state index in [1.54, 1.807) is 10.9 Å². The molecule has 1 fully saturated rings. The maximum absolute atomic E-state index is 12.3. The summed E-state index contributed by atoms with van der Waals surface area (Å²) in [6.45, 7) is 1.68. The number of fused-ring (bicyclic) bond motifs is 1. The second-order valence-corrected chi connectivity index (χ2v) is 6.02. The molecular weight excluding hydrogens is 294 g/mol. The summed E-state index contributed by atoms with van der Waals surface area (Å²) >= 11 is 0. The summed E-state index contributed by atoms with van der Waals surface area (Å²) in [7, 11) is 1.87. The molecule has 0 radical (unpaired) electrons. The zero-order valence-corrected chi connectivity index (χ0v) is 13.0. The molecule has 0 unspecified atom stereocenters. The Bertz CT molecular complexity index is 740. The van der Waals surface area contributed by atoms with Crippen LogP contribution in [0.15, 0.2) is 30.5 Å². The molecule has 1 aliphatic carbocycles. The van der Waals surface area contributed by atoms with E-state index in [1.165, 1.54) is 0 Å². The Labute approximate surface area is 134 Å². The van der Waals surface area contributed by atoms with E-state index >= 15 is 0 Å². The van der Waals surface area contributed by atoms with Crippen molar-refractivity contribution in [3.05, 3.63) is 41.7 Å². The van der Waals surface area contributed by atoms with E-state index < -0.39 is 0 Å². The highest BCUT2D eigenvalue weighted by atomic mass is 16.6. The maximum atomic E-state index is 12.3. The number of rotatable bonds is 4. The number of amides is 1. The van der Waals surface area contributed by atoms with Crippen LogP contribution in [0.4, 0.5) is 0 Å². The van der Waals surface area contributed by atoms with E-state index in [-0.39, 0.29) is 17.7 Å². The molecule has 4 rings (SSSR count). The Morgan fingerprint density at radius 3 is 2.91 bits per heavy atom. The van der Waals surface area contributed by atoms with Crippen LogP contribution in [-0.2, 0) is 18.4 Å². The van der Waals surface area contributed by atoms with E-state index in [2.05, 4.69) is 10.4 Å². The Hall–Kier alpha value is -2.50. The topological polar surface area (TPSA) is 65.4 Å². The molecule has 0 spiro atoms. The lowest BCUT2D eigenvalue weighted by Gasteiger charge is -2.18. The molecule has 23 heavy (non-hydrogen) atoms. The first-order chi connectivity index (χ1) is 11.2. The predicted molar refractivity (Wildman–Crippen MR) is 83.3 cm³/mol. The van der Waals surface area contributed by atoms with Crippen LogP contribution in [0, 0.1) is 5.92 Å². The fourth-order valence-corrected chi connectivity index (χ4v) is 3.03. The number of nitrogens with zero attached hydrogens (tertiary/aromatic N) is 2. The molecule has 2 aromatic rings. The summed E-state index contributed by atoms with van der Waals surface area (Å²) in [6.07, 6.45) is 2.62. The molecule has 1 N–H and O–H groups in total. The van der Waals surface area contributed by atoms with Gasteiger partial charge in [-0.3, -0.25) is 9.48 Å². The largest absolute Gasteiger partial charge is 0.486 e. The summed E-state index contributed by atoms with van der Waals surface area (Å²) in [5.41, 5.74) is 2.14. The molecule has 2 heterocycles. The second kappa shape index (κ2) is 5.61. The van der Waals surface area contributed by atoms with Crippen LogP contribution in [0.1, 0.15) is 23.6 Å². The van der Waals surface area contributed by atoms with Crippen molar-refractivity contribution in [1.29, 1.82) is 0 Å². The number of hydrogen-bond acceptors (Lipinski definition) is 4. The van der Waals surface area contributed by atoms with Crippen molar-refractivity contribution in [2.45, 2.75) is 18.9 Å². The number of aryl methyl sites for hydroxylation is 1. The molecule has 0 bridgehead atoms. The van der Waals surface area contributed by atoms with Gasteiger partial charge < -0.3 is 14.8 Å². The van der Waals surface area contributed by atoms with Gasteiger partial charge in [-0.1, -0.05) is 6.07 Å². The Balaban J connectivity index is 1.38. The first-order valence-electron chi connectivity index (χ1n) is 7.86. The number of hydrogen-bond donors (Lipinski definition) is 1. The zero-order chi connectivity index (χ0) is 15.8. The highest BCUT2D eigenvalue weighted by molar-refractivity contribution is 5.82. The van der Waals surface area contributed by atoms with Gasteiger partial charge in [-0.05, 0) is 36.1 Å². The van der Waals surface area contributed by atoms with Gasteiger partial charge >= 0.3 is 0 Å². The van der Waals surface area contributed by atoms with Crippen molar-refractivity contribution in [3.8, 4) is 11.5 Å². The highest BCUT2D eigenvalue weighted by Gasteiger charge is 2.44. The number of ether oxygens (including phenoxy) is 2. The molecule has 1 aromatic carbocycles. The van der Waals surface area contributed by atoms with Crippen molar-refractivity contribution >= 4 is 5.91 Å². The van der Waals surface area contributed by atoms with Gasteiger partial charge in [0.25, 0.3) is 0 Å². The van der Waals surface area contributed by atoms with Gasteiger partial charge in [0.1, 0.15) is 13.2 Å². The van der Waals surface area contributed by atoms with Gasteiger partial charge in [0.15, 0.2) is 11.5 Å². The zero-order valence-electron chi connectivity index (χ0n) is 13.0. The van der Waals surface area contributed by atoms with Gasteiger partial charge in [-0.15, -0.1) is 0 Å². The van der Waals surface area contributed by atoms with E-state index in [0.29, 0.717) is 19.8 Å². The maximum Gasteiger partial charge on any atom is 0.224 e. The highest BCUT2D eigenvalue weighted by Crippen LogP contribution is 2.49. The van der Waals surface area contributed by atoms with Crippen LogP contribution in [0.25, 0.3) is 0 Å². The molecule has 6 heteroatoms. The smallest absolute Gasteiger partial charge is 0.224 e. The van der Waals surface area contributed by atoms with E-state index in [9.17, 15) is 4.79 Å². The number of carbonyl (C=O) groups is 1. The van der Waals surface area contributed by atoms with Gasteiger partial charge in [0.2, 0.25) is 5.91 Å². The average molecular weight is 313 g/mol.